The maximum atomic E-state index is 13.2. The van der Waals surface area contributed by atoms with Crippen molar-refractivity contribution in [2.45, 2.75) is 26.7 Å². The lowest BCUT2D eigenvalue weighted by molar-refractivity contribution is -0.677. The largest absolute Gasteiger partial charge is 0.378 e. The number of nitrogens with zero attached hydrogens (tertiary/aromatic N) is 6. The molecule has 1 aromatic heterocycles. The summed E-state index contributed by atoms with van der Waals surface area (Å²) >= 11 is 0. The van der Waals surface area contributed by atoms with E-state index in [2.05, 4.69) is 32.9 Å². The second-order valence-corrected chi connectivity index (χ2v) is 8.85. The summed E-state index contributed by atoms with van der Waals surface area (Å²) in [5.74, 6) is -0.455. The highest BCUT2D eigenvalue weighted by atomic mass is 16.6. The number of aliphatic imine (C=N–C) groups is 1. The zero-order valence-electron chi connectivity index (χ0n) is 22.5. The Balaban J connectivity index is 1.77. The van der Waals surface area contributed by atoms with Gasteiger partial charge in [-0.3, -0.25) is 25.3 Å². The number of aromatic nitrogens is 1. The molecule has 0 aliphatic heterocycles. The van der Waals surface area contributed by atoms with Crippen LogP contribution in [0.15, 0.2) is 88.3 Å². The first-order valence-corrected chi connectivity index (χ1v) is 12.5. The highest BCUT2D eigenvalue weighted by Gasteiger charge is 2.17. The van der Waals surface area contributed by atoms with E-state index < -0.39 is 10.8 Å². The van der Waals surface area contributed by atoms with Gasteiger partial charge in [0.05, 0.1) is 16.3 Å². The van der Waals surface area contributed by atoms with E-state index in [-0.39, 0.29) is 11.4 Å². The van der Waals surface area contributed by atoms with Crippen LogP contribution >= 0.6 is 0 Å². The Kier molecular flexibility index (Phi) is 10.4. The van der Waals surface area contributed by atoms with E-state index in [0.717, 1.165) is 24.1 Å². The third-order valence-corrected chi connectivity index (χ3v) is 5.59. The number of nitro benzene ring substituents is 1. The molecule has 202 valence electrons. The molecule has 0 saturated carbocycles. The van der Waals surface area contributed by atoms with E-state index in [9.17, 15) is 14.9 Å². The molecule has 3 aromatic rings. The molecule has 1 heterocycles. The van der Waals surface area contributed by atoms with Crippen LogP contribution in [0.3, 0.4) is 0 Å². The highest BCUT2D eigenvalue weighted by molar-refractivity contribution is 6.68. The van der Waals surface area contributed by atoms with Gasteiger partial charge in [-0.1, -0.05) is 30.2 Å². The number of pyridine rings is 1. The number of benzene rings is 2. The van der Waals surface area contributed by atoms with Crippen LogP contribution in [0.2, 0.25) is 0 Å². The summed E-state index contributed by atoms with van der Waals surface area (Å²) in [6.07, 6.45) is 7.05. The smallest absolute Gasteiger partial charge is 0.278 e. The molecule has 0 radical (unpaired) electrons. The molecule has 2 aromatic carbocycles. The van der Waals surface area contributed by atoms with Crippen LogP contribution in [-0.2, 0) is 4.79 Å². The van der Waals surface area contributed by atoms with Crippen molar-refractivity contribution in [2.24, 2.45) is 15.2 Å². The Morgan fingerprint density at radius 3 is 2.44 bits per heavy atom. The van der Waals surface area contributed by atoms with Crippen LogP contribution in [0.4, 0.5) is 22.7 Å². The minimum Gasteiger partial charge on any atom is -0.378 e. The number of unbranched alkanes of at least 4 members (excludes halogenated alkanes) is 1. The van der Waals surface area contributed by atoms with Gasteiger partial charge in [-0.2, -0.15) is 5.10 Å². The van der Waals surface area contributed by atoms with Gasteiger partial charge in [0.2, 0.25) is 12.4 Å². The van der Waals surface area contributed by atoms with Crippen LogP contribution < -0.4 is 20.3 Å². The van der Waals surface area contributed by atoms with Crippen molar-refractivity contribution in [1.82, 2.24) is 0 Å². The van der Waals surface area contributed by atoms with Crippen LogP contribution in [0.1, 0.15) is 32.3 Å². The summed E-state index contributed by atoms with van der Waals surface area (Å²) in [6.45, 7) is 4.36. The molecule has 0 spiro atoms. The highest BCUT2D eigenvalue weighted by Crippen LogP contribution is 2.15. The number of nitro groups is 1. The molecule has 2 N–H and O–H groups in total. The number of anilines is 3. The van der Waals surface area contributed by atoms with Crippen LogP contribution in [-0.4, -0.2) is 49.1 Å². The van der Waals surface area contributed by atoms with E-state index in [1.807, 2.05) is 43.3 Å². The first kappa shape index (κ1) is 28.6. The molecule has 11 heteroatoms. The molecule has 39 heavy (non-hydrogen) atoms. The SMILES string of the molecule is CCCCN=C(C)C(=NNc1ccc([N+](=O)[O-])cc1)C(=O)Nc1ccc[n+](/N=C\c2ccc(N(C)C)cc2)c1. The lowest BCUT2D eigenvalue weighted by Gasteiger charge is -2.11. The number of rotatable bonds is 12. The van der Waals surface area contributed by atoms with Gasteiger partial charge in [-0.05, 0) is 54.3 Å². The Morgan fingerprint density at radius 2 is 1.79 bits per heavy atom. The second-order valence-electron chi connectivity index (χ2n) is 8.85. The molecule has 0 fully saturated rings. The van der Waals surface area contributed by atoms with Gasteiger partial charge in [0.25, 0.3) is 11.6 Å². The molecule has 0 aliphatic rings. The van der Waals surface area contributed by atoms with Crippen molar-refractivity contribution in [3.05, 3.63) is 88.7 Å². The van der Waals surface area contributed by atoms with Crippen molar-refractivity contribution < 1.29 is 14.4 Å². The lowest BCUT2D eigenvalue weighted by atomic mass is 10.2. The zero-order chi connectivity index (χ0) is 28.2. The average molecular weight is 530 g/mol. The number of non-ortho nitro benzene ring substituents is 1. The summed E-state index contributed by atoms with van der Waals surface area (Å²) in [4.78, 5) is 30.2. The average Bonchev–Trinajstić information content (AvgIpc) is 2.93. The summed E-state index contributed by atoms with van der Waals surface area (Å²) in [5.41, 5.74) is 6.39. The fraction of sp³-hybridized carbons (Fsp3) is 0.250. The summed E-state index contributed by atoms with van der Waals surface area (Å²) < 4.78 is 1.60. The third kappa shape index (κ3) is 8.85. The van der Waals surface area contributed by atoms with Gasteiger partial charge in [0.1, 0.15) is 11.9 Å². The van der Waals surface area contributed by atoms with E-state index in [4.69, 9.17) is 0 Å². The normalized spacial score (nSPS) is 11.9. The predicted octanol–water partition coefficient (Wildman–Crippen LogP) is 4.50. The Bertz CT molecular complexity index is 1360. The number of carbonyl (C=O) groups excluding carboxylic acids is 1. The molecule has 3 rings (SSSR count). The molecular weight excluding hydrogens is 496 g/mol. The summed E-state index contributed by atoms with van der Waals surface area (Å²) in [7, 11) is 3.97. The topological polar surface area (TPSA) is 128 Å². The first-order chi connectivity index (χ1) is 18.8. The van der Waals surface area contributed by atoms with Gasteiger partial charge in [-0.25, -0.2) is 0 Å². The molecule has 0 atom stereocenters. The molecular formula is C28H33N8O3+. The summed E-state index contributed by atoms with van der Waals surface area (Å²) in [5, 5.41) is 22.5. The maximum Gasteiger partial charge on any atom is 0.278 e. The standard InChI is InChI=1S/C28H32N8O3/c1-5-6-17-29-21(2)27(33-32-23-11-15-26(16-12-23)36(38)39)28(37)31-24-8-7-18-35(20-24)30-19-22-9-13-25(14-10-22)34(3)4/h7-16,18-20H,5-6,17H2,1-4H3,(H-,29,31,32,37)/p+1/b30-19-. The minimum atomic E-state index is -0.479. The van der Waals surface area contributed by atoms with Crippen molar-refractivity contribution >= 4 is 46.3 Å². The third-order valence-electron chi connectivity index (χ3n) is 5.59. The molecule has 11 nitrogen and oxygen atoms in total. The van der Waals surface area contributed by atoms with Crippen molar-refractivity contribution in [2.75, 3.05) is 36.3 Å². The molecule has 1 amide bonds. The van der Waals surface area contributed by atoms with E-state index in [0.29, 0.717) is 23.6 Å². The number of hydrazone groups is 1. The number of hydrogen-bond donors (Lipinski definition) is 2. The minimum absolute atomic E-state index is 0.0366. The zero-order valence-corrected chi connectivity index (χ0v) is 22.5. The number of carbonyl (C=O) groups is 1. The van der Waals surface area contributed by atoms with E-state index in [1.54, 1.807) is 42.3 Å². The van der Waals surface area contributed by atoms with Crippen molar-refractivity contribution in [1.29, 1.82) is 0 Å². The van der Waals surface area contributed by atoms with Crippen LogP contribution in [0, 0.1) is 10.1 Å². The molecule has 0 bridgehead atoms. The Hall–Kier alpha value is -4.93. The maximum absolute atomic E-state index is 13.2. The number of nitrogens with one attached hydrogen (secondary N) is 2. The van der Waals surface area contributed by atoms with Crippen molar-refractivity contribution in [3.63, 3.8) is 0 Å². The van der Waals surface area contributed by atoms with Gasteiger partial charge < -0.3 is 10.2 Å². The first-order valence-electron chi connectivity index (χ1n) is 12.5. The van der Waals surface area contributed by atoms with Crippen LogP contribution in [0.25, 0.3) is 0 Å². The lowest BCUT2D eigenvalue weighted by Crippen LogP contribution is -2.32. The van der Waals surface area contributed by atoms with Gasteiger partial charge >= 0.3 is 0 Å². The second kappa shape index (κ2) is 14.1. The molecule has 0 unspecified atom stereocenters. The molecule has 0 saturated heterocycles. The van der Waals surface area contributed by atoms with Gasteiger partial charge in [0, 0.05) is 44.5 Å². The van der Waals surface area contributed by atoms with Gasteiger partial charge in [-0.15, -0.1) is 0 Å². The quantitative estimate of drug-likeness (QED) is 0.117. The Labute approximate surface area is 227 Å². The van der Waals surface area contributed by atoms with Gasteiger partial charge in [0.15, 0.2) is 5.71 Å². The monoisotopic (exact) mass is 529 g/mol. The fourth-order valence-electron chi connectivity index (χ4n) is 3.35. The van der Waals surface area contributed by atoms with Crippen molar-refractivity contribution in [3.8, 4) is 0 Å². The number of hydrogen-bond acceptors (Lipinski definition) is 8. The van der Waals surface area contributed by atoms with Crippen LogP contribution in [0.5, 0.6) is 0 Å². The van der Waals surface area contributed by atoms with E-state index >= 15 is 0 Å². The molecule has 0 aliphatic carbocycles. The predicted molar refractivity (Wildman–Crippen MR) is 156 cm³/mol. The number of amides is 1. The summed E-state index contributed by atoms with van der Waals surface area (Å²) in [6, 6.07) is 17.3. The van der Waals surface area contributed by atoms with E-state index in [1.165, 1.54) is 24.3 Å². The fourth-order valence-corrected chi connectivity index (χ4v) is 3.35. The Morgan fingerprint density at radius 1 is 1.08 bits per heavy atom.